The van der Waals surface area contributed by atoms with Gasteiger partial charge in [-0.3, -0.25) is 9.59 Å². The third-order valence-corrected chi connectivity index (χ3v) is 4.96. The van der Waals surface area contributed by atoms with Gasteiger partial charge in [-0.1, -0.05) is 58.0 Å². The molecule has 29 heavy (non-hydrogen) atoms. The highest BCUT2D eigenvalue weighted by atomic mass is 16.5. The number of amides is 2. The second kappa shape index (κ2) is 11.2. The Bertz CT molecular complexity index is 819. The molecule has 0 saturated heterocycles. The number of hydrogen-bond acceptors (Lipinski definition) is 3. The summed E-state index contributed by atoms with van der Waals surface area (Å²) in [5, 5.41) is 5.73. The zero-order valence-electron chi connectivity index (χ0n) is 17.8. The first kappa shape index (κ1) is 22.5. The number of rotatable bonds is 10. The molecular weight excluding hydrogens is 364 g/mol. The fraction of sp³-hybridized carbons (Fsp3) is 0.417. The predicted molar refractivity (Wildman–Crippen MR) is 118 cm³/mol. The maximum absolute atomic E-state index is 12.9. The van der Waals surface area contributed by atoms with Crippen molar-refractivity contribution in [3.05, 3.63) is 59.7 Å². The Hall–Kier alpha value is -2.82. The van der Waals surface area contributed by atoms with Gasteiger partial charge in [0.15, 0.2) is 6.10 Å². The maximum Gasteiger partial charge on any atom is 0.265 e. The zero-order chi connectivity index (χ0) is 21.2. The Kier molecular flexibility index (Phi) is 8.71. The first-order valence-corrected chi connectivity index (χ1v) is 10.4. The average molecular weight is 397 g/mol. The second-order valence-corrected chi connectivity index (χ2v) is 7.15. The lowest BCUT2D eigenvalue weighted by molar-refractivity contribution is -0.122. The molecule has 0 fully saturated rings. The number of anilines is 1. The summed E-state index contributed by atoms with van der Waals surface area (Å²) in [6.07, 6.45) is 1.71. The fourth-order valence-corrected chi connectivity index (χ4v) is 3.03. The molecule has 2 atom stereocenters. The number of carbonyl (C=O) groups is 2. The van der Waals surface area contributed by atoms with Gasteiger partial charge in [-0.15, -0.1) is 0 Å². The molecule has 2 aromatic carbocycles. The monoisotopic (exact) mass is 396 g/mol. The van der Waals surface area contributed by atoms with Crippen molar-refractivity contribution in [2.24, 2.45) is 0 Å². The van der Waals surface area contributed by atoms with E-state index in [0.29, 0.717) is 30.1 Å². The highest BCUT2D eigenvalue weighted by Crippen LogP contribution is 2.29. The average Bonchev–Trinajstić information content (AvgIpc) is 2.75. The van der Waals surface area contributed by atoms with E-state index in [4.69, 9.17) is 4.74 Å². The largest absolute Gasteiger partial charge is 0.480 e. The normalized spacial score (nSPS) is 12.7. The van der Waals surface area contributed by atoms with Gasteiger partial charge in [-0.2, -0.15) is 0 Å². The molecule has 2 rings (SSSR count). The molecule has 2 N–H and O–H groups in total. The van der Waals surface area contributed by atoms with Gasteiger partial charge in [-0.05, 0) is 48.9 Å². The fourth-order valence-electron chi connectivity index (χ4n) is 3.03. The van der Waals surface area contributed by atoms with Gasteiger partial charge >= 0.3 is 0 Å². The first-order valence-electron chi connectivity index (χ1n) is 10.4. The molecular formula is C24H32N2O3. The molecule has 0 aliphatic heterocycles. The number of hydrogen-bond donors (Lipinski definition) is 2. The van der Waals surface area contributed by atoms with Gasteiger partial charge in [0.25, 0.3) is 11.8 Å². The van der Waals surface area contributed by atoms with Crippen LogP contribution in [-0.2, 0) is 4.79 Å². The van der Waals surface area contributed by atoms with Gasteiger partial charge in [0.1, 0.15) is 5.75 Å². The molecule has 5 heteroatoms. The summed E-state index contributed by atoms with van der Waals surface area (Å²) < 4.78 is 6.10. The number of carbonyl (C=O) groups excluding carboxylic acids is 2. The van der Waals surface area contributed by atoms with Crippen LogP contribution in [0.15, 0.2) is 48.5 Å². The number of ether oxygens (including phenoxy) is 1. The van der Waals surface area contributed by atoms with Crippen LogP contribution in [0, 0.1) is 0 Å². The summed E-state index contributed by atoms with van der Waals surface area (Å²) in [7, 11) is 0. The number of nitrogens with one attached hydrogen (secondary N) is 2. The molecule has 0 saturated carbocycles. The van der Waals surface area contributed by atoms with E-state index in [0.717, 1.165) is 24.2 Å². The Balaban J connectivity index is 2.17. The smallest absolute Gasteiger partial charge is 0.265 e. The number of para-hydroxylation sites is 2. The van der Waals surface area contributed by atoms with Crippen molar-refractivity contribution in [2.75, 3.05) is 11.9 Å². The van der Waals surface area contributed by atoms with Gasteiger partial charge in [0.2, 0.25) is 0 Å². The summed E-state index contributed by atoms with van der Waals surface area (Å²) in [6, 6.07) is 14.9. The Morgan fingerprint density at radius 1 is 0.966 bits per heavy atom. The molecule has 0 spiro atoms. The molecule has 0 radical (unpaired) electrons. The molecule has 2 aromatic rings. The van der Waals surface area contributed by atoms with Crippen LogP contribution in [0.2, 0.25) is 0 Å². The SMILES string of the molecule is CCCNC(=O)c1ccccc1NC(=O)C(CC)Oc1ccccc1C(C)CC. The third-order valence-electron chi connectivity index (χ3n) is 4.96. The van der Waals surface area contributed by atoms with Crippen molar-refractivity contribution < 1.29 is 14.3 Å². The van der Waals surface area contributed by atoms with Crippen LogP contribution in [0.3, 0.4) is 0 Å². The Morgan fingerprint density at radius 3 is 2.34 bits per heavy atom. The van der Waals surface area contributed by atoms with Crippen molar-refractivity contribution in [3.63, 3.8) is 0 Å². The van der Waals surface area contributed by atoms with Crippen LogP contribution in [0.4, 0.5) is 5.69 Å². The molecule has 2 amide bonds. The molecule has 0 heterocycles. The molecule has 0 aliphatic carbocycles. The zero-order valence-corrected chi connectivity index (χ0v) is 17.8. The van der Waals surface area contributed by atoms with E-state index < -0.39 is 6.10 Å². The molecule has 0 bridgehead atoms. The molecule has 156 valence electrons. The van der Waals surface area contributed by atoms with E-state index in [1.54, 1.807) is 24.3 Å². The quantitative estimate of drug-likeness (QED) is 0.584. The molecule has 0 aromatic heterocycles. The minimum atomic E-state index is -0.646. The van der Waals surface area contributed by atoms with Crippen molar-refractivity contribution in [1.82, 2.24) is 5.32 Å². The lowest BCUT2D eigenvalue weighted by Gasteiger charge is -2.22. The van der Waals surface area contributed by atoms with Gasteiger partial charge < -0.3 is 15.4 Å². The van der Waals surface area contributed by atoms with Gasteiger partial charge in [-0.25, -0.2) is 0 Å². The summed E-state index contributed by atoms with van der Waals surface area (Å²) in [5.41, 5.74) is 2.04. The van der Waals surface area contributed by atoms with Crippen molar-refractivity contribution in [1.29, 1.82) is 0 Å². The van der Waals surface area contributed by atoms with Crippen molar-refractivity contribution in [3.8, 4) is 5.75 Å². The first-order chi connectivity index (χ1) is 14.0. The highest BCUT2D eigenvalue weighted by Gasteiger charge is 2.22. The van der Waals surface area contributed by atoms with Crippen molar-refractivity contribution in [2.45, 2.75) is 59.0 Å². The Labute approximate surface area is 173 Å². The van der Waals surface area contributed by atoms with Crippen LogP contribution in [-0.4, -0.2) is 24.5 Å². The number of benzene rings is 2. The second-order valence-electron chi connectivity index (χ2n) is 7.15. The lowest BCUT2D eigenvalue weighted by Crippen LogP contribution is -2.34. The summed E-state index contributed by atoms with van der Waals surface area (Å²) >= 11 is 0. The third kappa shape index (κ3) is 6.08. The van der Waals surface area contributed by atoms with Crippen LogP contribution in [0.1, 0.15) is 68.8 Å². The molecule has 0 aliphatic rings. The minimum absolute atomic E-state index is 0.196. The van der Waals surface area contributed by atoms with E-state index in [1.807, 2.05) is 38.1 Å². The molecule has 5 nitrogen and oxygen atoms in total. The van der Waals surface area contributed by atoms with Crippen LogP contribution < -0.4 is 15.4 Å². The summed E-state index contributed by atoms with van der Waals surface area (Å²) in [5.74, 6) is 0.619. The van der Waals surface area contributed by atoms with E-state index in [2.05, 4.69) is 24.5 Å². The lowest BCUT2D eigenvalue weighted by atomic mass is 9.98. The van der Waals surface area contributed by atoms with Gasteiger partial charge in [0, 0.05) is 6.54 Å². The van der Waals surface area contributed by atoms with E-state index in [1.165, 1.54) is 0 Å². The van der Waals surface area contributed by atoms with E-state index in [9.17, 15) is 9.59 Å². The van der Waals surface area contributed by atoms with E-state index >= 15 is 0 Å². The maximum atomic E-state index is 12.9. The van der Waals surface area contributed by atoms with Crippen molar-refractivity contribution >= 4 is 17.5 Å². The van der Waals surface area contributed by atoms with Crippen LogP contribution in [0.5, 0.6) is 5.75 Å². The minimum Gasteiger partial charge on any atom is -0.480 e. The molecule has 2 unspecified atom stereocenters. The predicted octanol–water partition coefficient (Wildman–Crippen LogP) is 5.14. The highest BCUT2D eigenvalue weighted by molar-refractivity contribution is 6.04. The summed E-state index contributed by atoms with van der Waals surface area (Å²) in [4.78, 5) is 25.3. The summed E-state index contributed by atoms with van der Waals surface area (Å²) in [6.45, 7) is 8.78. The van der Waals surface area contributed by atoms with Crippen LogP contribution in [0.25, 0.3) is 0 Å². The standard InChI is InChI=1S/C24H32N2O3/c1-5-16-25-23(27)19-13-8-10-14-20(19)26-24(28)21(7-3)29-22-15-11-9-12-18(22)17(4)6-2/h8-15,17,21H,5-7,16H2,1-4H3,(H,25,27)(H,26,28). The Morgan fingerprint density at radius 2 is 1.66 bits per heavy atom. The van der Waals surface area contributed by atoms with E-state index in [-0.39, 0.29) is 11.8 Å². The van der Waals surface area contributed by atoms with Gasteiger partial charge in [0.05, 0.1) is 11.3 Å². The topological polar surface area (TPSA) is 67.4 Å². The van der Waals surface area contributed by atoms with Crippen LogP contribution >= 0.6 is 0 Å².